The summed E-state index contributed by atoms with van der Waals surface area (Å²) < 4.78 is 13.0. The Kier molecular flexibility index (Phi) is 6.10. The molecule has 3 N–H and O–H groups in total. The zero-order valence-corrected chi connectivity index (χ0v) is 13.4. The van der Waals surface area contributed by atoms with Crippen LogP contribution in [-0.2, 0) is 9.59 Å². The molecule has 1 saturated heterocycles. The molecule has 0 bridgehead atoms. The molecule has 0 radical (unpaired) electrons. The van der Waals surface area contributed by atoms with E-state index in [9.17, 15) is 14.0 Å². The van der Waals surface area contributed by atoms with Gasteiger partial charge in [0.2, 0.25) is 11.8 Å². The van der Waals surface area contributed by atoms with Crippen molar-refractivity contribution in [1.29, 1.82) is 0 Å². The molecule has 1 aromatic carbocycles. The monoisotopic (exact) mass is 321 g/mol. The maximum atomic E-state index is 13.0. The Morgan fingerprint density at radius 2 is 1.70 bits per heavy atom. The van der Waals surface area contributed by atoms with Crippen molar-refractivity contribution < 1.29 is 14.0 Å². The Morgan fingerprint density at radius 3 is 2.22 bits per heavy atom. The van der Waals surface area contributed by atoms with Gasteiger partial charge in [-0.3, -0.25) is 14.5 Å². The second-order valence-electron chi connectivity index (χ2n) is 6.02. The van der Waals surface area contributed by atoms with Gasteiger partial charge in [0, 0.05) is 0 Å². The number of hydrogen-bond donors (Lipinski definition) is 2. The first-order valence-corrected chi connectivity index (χ1v) is 8.08. The lowest BCUT2D eigenvalue weighted by atomic mass is 10.1. The van der Waals surface area contributed by atoms with Crippen LogP contribution in [0.5, 0.6) is 0 Å². The average molecular weight is 321 g/mol. The first-order chi connectivity index (χ1) is 11.0. The molecule has 0 aliphatic carbocycles. The molecule has 0 spiro atoms. The summed E-state index contributed by atoms with van der Waals surface area (Å²) in [5, 5.41) is 2.69. The number of hydrogen-bond acceptors (Lipinski definition) is 3. The number of carbonyl (C=O) groups is 2. The highest BCUT2D eigenvalue weighted by molar-refractivity contribution is 5.89. The summed E-state index contributed by atoms with van der Waals surface area (Å²) in [6.07, 6.45) is 4.53. The molecule has 0 aromatic heterocycles. The highest BCUT2D eigenvalue weighted by atomic mass is 19.1. The standard InChI is InChI=1S/C17H24FN3O2/c1-12(21-10-4-2-3-5-11-21)17(23)20-15(16(19)22)13-6-8-14(18)9-7-13/h6-9,12,15H,2-5,10-11H2,1H3,(H2,19,22)(H,20,23)/t12-,15-/m0/s1. The third-order valence-corrected chi connectivity index (χ3v) is 4.34. The number of benzene rings is 1. The summed E-state index contributed by atoms with van der Waals surface area (Å²) in [6.45, 7) is 3.60. The summed E-state index contributed by atoms with van der Waals surface area (Å²) in [5.41, 5.74) is 5.88. The number of nitrogens with two attached hydrogens (primary N) is 1. The Bertz CT molecular complexity index is 539. The van der Waals surface area contributed by atoms with Gasteiger partial charge in [-0.15, -0.1) is 0 Å². The molecule has 1 aliphatic heterocycles. The summed E-state index contributed by atoms with van der Waals surface area (Å²) in [7, 11) is 0. The van der Waals surface area contributed by atoms with Gasteiger partial charge in [0.1, 0.15) is 11.9 Å². The third kappa shape index (κ3) is 4.76. The highest BCUT2D eigenvalue weighted by Crippen LogP contribution is 2.16. The normalized spacial score (nSPS) is 18.7. The van der Waals surface area contributed by atoms with Gasteiger partial charge < -0.3 is 11.1 Å². The van der Waals surface area contributed by atoms with E-state index in [1.165, 1.54) is 37.1 Å². The fourth-order valence-electron chi connectivity index (χ4n) is 2.89. The molecule has 23 heavy (non-hydrogen) atoms. The predicted molar refractivity (Wildman–Crippen MR) is 86.0 cm³/mol. The van der Waals surface area contributed by atoms with Gasteiger partial charge in [0.05, 0.1) is 6.04 Å². The molecule has 1 fully saturated rings. The van der Waals surface area contributed by atoms with Gasteiger partial charge in [-0.2, -0.15) is 0 Å². The number of halogens is 1. The number of nitrogens with one attached hydrogen (secondary N) is 1. The van der Waals surface area contributed by atoms with E-state index >= 15 is 0 Å². The van der Waals surface area contributed by atoms with Crippen LogP contribution in [0, 0.1) is 5.82 Å². The Labute approximate surface area is 136 Å². The zero-order chi connectivity index (χ0) is 16.8. The maximum Gasteiger partial charge on any atom is 0.244 e. The Hall–Kier alpha value is -1.95. The average Bonchev–Trinajstić information content (AvgIpc) is 2.81. The van der Waals surface area contributed by atoms with Crippen LogP contribution in [-0.4, -0.2) is 35.8 Å². The number of carbonyl (C=O) groups excluding carboxylic acids is 2. The molecule has 6 heteroatoms. The molecule has 1 aliphatic rings. The number of amides is 2. The van der Waals surface area contributed by atoms with Crippen LogP contribution in [0.15, 0.2) is 24.3 Å². The number of rotatable bonds is 5. The van der Waals surface area contributed by atoms with Gasteiger partial charge in [0.15, 0.2) is 0 Å². The predicted octanol–water partition coefficient (Wildman–Crippen LogP) is 1.73. The Morgan fingerprint density at radius 1 is 1.13 bits per heavy atom. The summed E-state index contributed by atoms with van der Waals surface area (Å²) >= 11 is 0. The first kappa shape index (κ1) is 17.4. The number of nitrogens with zero attached hydrogens (tertiary/aromatic N) is 1. The Balaban J connectivity index is 2.05. The van der Waals surface area contributed by atoms with Crippen LogP contribution in [0.25, 0.3) is 0 Å². The van der Waals surface area contributed by atoms with Crippen LogP contribution < -0.4 is 11.1 Å². The molecule has 0 unspecified atom stereocenters. The minimum atomic E-state index is -0.947. The SMILES string of the molecule is C[C@@H](C(=O)N[C@H](C(N)=O)c1ccc(F)cc1)N1CCCCCC1. The van der Waals surface area contributed by atoms with Gasteiger partial charge in [-0.05, 0) is 50.6 Å². The molecule has 126 valence electrons. The molecule has 2 atom stereocenters. The molecule has 2 rings (SSSR count). The first-order valence-electron chi connectivity index (χ1n) is 8.08. The van der Waals surface area contributed by atoms with Crippen molar-refractivity contribution in [3.05, 3.63) is 35.6 Å². The van der Waals surface area contributed by atoms with Gasteiger partial charge in [-0.25, -0.2) is 4.39 Å². The second-order valence-corrected chi connectivity index (χ2v) is 6.02. The molecular weight excluding hydrogens is 297 g/mol. The van der Waals surface area contributed by atoms with Crippen LogP contribution in [0.3, 0.4) is 0 Å². The molecule has 5 nitrogen and oxygen atoms in total. The van der Waals surface area contributed by atoms with E-state index in [-0.39, 0.29) is 11.9 Å². The lowest BCUT2D eigenvalue weighted by molar-refractivity contribution is -0.130. The molecule has 1 heterocycles. The van der Waals surface area contributed by atoms with Crippen LogP contribution in [0.1, 0.15) is 44.2 Å². The van der Waals surface area contributed by atoms with E-state index in [1.54, 1.807) is 0 Å². The number of primary amides is 1. The van der Waals surface area contributed by atoms with Gasteiger partial charge >= 0.3 is 0 Å². The maximum absolute atomic E-state index is 13.0. The van der Waals surface area contributed by atoms with Crippen LogP contribution in [0.2, 0.25) is 0 Å². The highest BCUT2D eigenvalue weighted by Gasteiger charge is 2.26. The topological polar surface area (TPSA) is 75.4 Å². The minimum Gasteiger partial charge on any atom is -0.368 e. The quantitative estimate of drug-likeness (QED) is 0.867. The fraction of sp³-hybridized carbons (Fsp3) is 0.529. The minimum absolute atomic E-state index is 0.236. The van der Waals surface area contributed by atoms with Crippen molar-refractivity contribution in [3.63, 3.8) is 0 Å². The molecule has 0 saturated carbocycles. The third-order valence-electron chi connectivity index (χ3n) is 4.34. The van der Waals surface area contributed by atoms with Crippen molar-refractivity contribution in [3.8, 4) is 0 Å². The van der Waals surface area contributed by atoms with Crippen molar-refractivity contribution in [2.45, 2.75) is 44.7 Å². The van der Waals surface area contributed by atoms with Crippen LogP contribution >= 0.6 is 0 Å². The van der Waals surface area contributed by atoms with E-state index < -0.39 is 17.8 Å². The van der Waals surface area contributed by atoms with Crippen molar-refractivity contribution in [2.24, 2.45) is 5.73 Å². The van der Waals surface area contributed by atoms with Gasteiger partial charge in [0.25, 0.3) is 0 Å². The van der Waals surface area contributed by atoms with E-state index in [4.69, 9.17) is 5.73 Å². The van der Waals surface area contributed by atoms with E-state index in [0.29, 0.717) is 5.56 Å². The summed E-state index contributed by atoms with van der Waals surface area (Å²) in [5.74, 6) is -1.30. The van der Waals surface area contributed by atoms with E-state index in [2.05, 4.69) is 10.2 Å². The van der Waals surface area contributed by atoms with Crippen LogP contribution in [0.4, 0.5) is 4.39 Å². The van der Waals surface area contributed by atoms with E-state index in [1.807, 2.05) is 6.92 Å². The molecular formula is C17H24FN3O2. The van der Waals surface area contributed by atoms with Crippen molar-refractivity contribution in [1.82, 2.24) is 10.2 Å². The summed E-state index contributed by atoms with van der Waals surface area (Å²) in [4.78, 5) is 26.3. The molecule has 2 amide bonds. The largest absolute Gasteiger partial charge is 0.368 e. The van der Waals surface area contributed by atoms with Crippen molar-refractivity contribution in [2.75, 3.05) is 13.1 Å². The number of likely N-dealkylation sites (tertiary alicyclic amines) is 1. The smallest absolute Gasteiger partial charge is 0.244 e. The second kappa shape index (κ2) is 8.06. The van der Waals surface area contributed by atoms with E-state index in [0.717, 1.165) is 25.9 Å². The fourth-order valence-corrected chi connectivity index (χ4v) is 2.89. The lowest BCUT2D eigenvalue weighted by Gasteiger charge is -2.28. The van der Waals surface area contributed by atoms with Gasteiger partial charge in [-0.1, -0.05) is 25.0 Å². The van der Waals surface area contributed by atoms with Crippen molar-refractivity contribution >= 4 is 11.8 Å². The molecule has 1 aromatic rings. The lowest BCUT2D eigenvalue weighted by Crippen LogP contribution is -2.48. The summed E-state index contributed by atoms with van der Waals surface area (Å²) in [6, 6.07) is 4.14. The zero-order valence-electron chi connectivity index (χ0n) is 13.4.